The zero-order chi connectivity index (χ0) is 25.0. The monoisotopic (exact) mass is 524 g/mol. The van der Waals surface area contributed by atoms with Crippen molar-refractivity contribution in [2.24, 2.45) is 0 Å². The molecule has 4 aromatic rings. The number of fused-ring (bicyclic) bond motifs is 1. The van der Waals surface area contributed by atoms with Gasteiger partial charge in [-0.3, -0.25) is 14.5 Å². The SMILES string of the molecule is COc1c(C)cc(C)cc1/C(O)=C1\C(=O)C(=O)N(c2nc3cc(Cl)c(C)cc3s2)C1c1cccs1. The Labute approximate surface area is 215 Å². The lowest BCUT2D eigenvalue weighted by atomic mass is 9.97. The van der Waals surface area contributed by atoms with Gasteiger partial charge in [0.05, 0.1) is 28.5 Å². The number of benzene rings is 2. The number of hydrogen-bond acceptors (Lipinski definition) is 7. The van der Waals surface area contributed by atoms with Gasteiger partial charge >= 0.3 is 5.91 Å². The van der Waals surface area contributed by atoms with Crippen molar-refractivity contribution in [1.82, 2.24) is 4.98 Å². The Morgan fingerprint density at radius 3 is 2.60 bits per heavy atom. The number of rotatable bonds is 4. The summed E-state index contributed by atoms with van der Waals surface area (Å²) in [5, 5.41) is 14.3. The smallest absolute Gasteiger partial charge is 0.301 e. The van der Waals surface area contributed by atoms with Crippen molar-refractivity contribution in [1.29, 1.82) is 0 Å². The van der Waals surface area contributed by atoms with Gasteiger partial charge in [0.15, 0.2) is 5.13 Å². The number of aromatic nitrogens is 1. The van der Waals surface area contributed by atoms with Gasteiger partial charge in [-0.25, -0.2) is 4.98 Å². The van der Waals surface area contributed by atoms with Crippen molar-refractivity contribution in [2.45, 2.75) is 26.8 Å². The maximum Gasteiger partial charge on any atom is 0.301 e. The molecular weight excluding hydrogens is 504 g/mol. The van der Waals surface area contributed by atoms with Gasteiger partial charge in [-0.05, 0) is 67.1 Å². The molecule has 0 bridgehead atoms. The van der Waals surface area contributed by atoms with Gasteiger partial charge in [0, 0.05) is 9.90 Å². The van der Waals surface area contributed by atoms with Crippen LogP contribution < -0.4 is 9.64 Å². The lowest BCUT2D eigenvalue weighted by Crippen LogP contribution is -2.28. The molecule has 6 nitrogen and oxygen atoms in total. The van der Waals surface area contributed by atoms with E-state index in [4.69, 9.17) is 16.3 Å². The molecule has 5 rings (SSSR count). The van der Waals surface area contributed by atoms with Gasteiger partial charge < -0.3 is 9.84 Å². The van der Waals surface area contributed by atoms with Crippen molar-refractivity contribution in [3.05, 3.63) is 79.5 Å². The number of carbonyl (C=O) groups excluding carboxylic acids is 2. The van der Waals surface area contributed by atoms with Crippen LogP contribution in [0.15, 0.2) is 47.4 Å². The molecule has 1 N–H and O–H groups in total. The number of hydrogen-bond donors (Lipinski definition) is 1. The molecule has 1 atom stereocenters. The molecule has 35 heavy (non-hydrogen) atoms. The van der Waals surface area contributed by atoms with Crippen molar-refractivity contribution in [3.63, 3.8) is 0 Å². The first-order valence-corrected chi connectivity index (χ1v) is 12.9. The van der Waals surface area contributed by atoms with E-state index in [1.807, 2.05) is 50.4 Å². The first-order valence-electron chi connectivity index (χ1n) is 10.8. The van der Waals surface area contributed by atoms with Gasteiger partial charge in [0.2, 0.25) is 0 Å². The van der Waals surface area contributed by atoms with Gasteiger partial charge in [-0.2, -0.15) is 0 Å². The number of aliphatic hydroxyl groups excluding tert-OH is 1. The number of aliphatic hydroxyl groups is 1. The highest BCUT2D eigenvalue weighted by molar-refractivity contribution is 7.22. The highest BCUT2D eigenvalue weighted by atomic mass is 35.5. The maximum atomic E-state index is 13.4. The molecule has 0 radical (unpaired) electrons. The van der Waals surface area contributed by atoms with Crippen LogP contribution in [0.5, 0.6) is 5.75 Å². The van der Waals surface area contributed by atoms with Crippen molar-refractivity contribution < 1.29 is 19.4 Å². The fourth-order valence-electron chi connectivity index (χ4n) is 4.43. The van der Waals surface area contributed by atoms with E-state index < -0.39 is 17.7 Å². The molecular formula is C26H21ClN2O4S2. The molecule has 1 unspecified atom stereocenters. The fourth-order valence-corrected chi connectivity index (χ4v) is 6.49. The molecule has 1 fully saturated rings. The Morgan fingerprint density at radius 2 is 1.91 bits per heavy atom. The van der Waals surface area contributed by atoms with E-state index in [0.717, 1.165) is 26.3 Å². The number of halogens is 1. The maximum absolute atomic E-state index is 13.4. The Hall–Kier alpha value is -3.20. The van der Waals surface area contributed by atoms with Gasteiger partial charge in [0.1, 0.15) is 17.6 Å². The lowest BCUT2D eigenvalue weighted by molar-refractivity contribution is -0.132. The topological polar surface area (TPSA) is 79.7 Å². The van der Waals surface area contributed by atoms with E-state index >= 15 is 0 Å². The number of anilines is 1. The lowest BCUT2D eigenvalue weighted by Gasteiger charge is -2.22. The minimum Gasteiger partial charge on any atom is -0.507 e. The molecule has 2 aromatic heterocycles. The first kappa shape index (κ1) is 23.5. The van der Waals surface area contributed by atoms with Gasteiger partial charge in [-0.1, -0.05) is 35.1 Å². The second-order valence-electron chi connectivity index (χ2n) is 8.41. The average molecular weight is 525 g/mol. The second-order valence-corrected chi connectivity index (χ2v) is 10.8. The molecule has 9 heteroatoms. The second kappa shape index (κ2) is 8.78. The van der Waals surface area contributed by atoms with Gasteiger partial charge in [0.25, 0.3) is 5.78 Å². The summed E-state index contributed by atoms with van der Waals surface area (Å²) in [6, 6.07) is 10.2. The van der Waals surface area contributed by atoms with E-state index in [1.54, 1.807) is 12.1 Å². The average Bonchev–Trinajstić information content (AvgIpc) is 3.52. The summed E-state index contributed by atoms with van der Waals surface area (Å²) in [6.45, 7) is 5.66. The number of thiophene rings is 1. The summed E-state index contributed by atoms with van der Waals surface area (Å²) < 4.78 is 6.40. The van der Waals surface area contributed by atoms with Crippen LogP contribution in [-0.2, 0) is 9.59 Å². The summed E-state index contributed by atoms with van der Waals surface area (Å²) in [5.41, 5.74) is 3.63. The third kappa shape index (κ3) is 3.82. The predicted molar refractivity (Wildman–Crippen MR) is 141 cm³/mol. The molecule has 2 aromatic carbocycles. The summed E-state index contributed by atoms with van der Waals surface area (Å²) in [7, 11) is 1.51. The normalized spacial score (nSPS) is 17.5. The standard InChI is InChI=1S/C26H21ClN2O4S2/c1-12-8-14(3)24(33-4)15(9-12)22(30)20-21(18-6-5-7-34-18)29(25(32)23(20)31)26-28-17-11-16(27)13(2)10-19(17)35-26/h5-11,21,30H,1-4H3/b22-20+. The molecule has 1 saturated heterocycles. The zero-order valence-electron chi connectivity index (χ0n) is 19.4. The summed E-state index contributed by atoms with van der Waals surface area (Å²) in [4.78, 5) is 33.6. The minimum absolute atomic E-state index is 0.00854. The van der Waals surface area contributed by atoms with E-state index in [1.165, 1.54) is 34.7 Å². The highest BCUT2D eigenvalue weighted by Crippen LogP contribution is 2.46. The van der Waals surface area contributed by atoms with Gasteiger partial charge in [-0.15, -0.1) is 11.3 Å². The largest absolute Gasteiger partial charge is 0.507 e. The first-order chi connectivity index (χ1) is 16.7. The molecule has 1 aliphatic heterocycles. The van der Waals surface area contributed by atoms with Crippen molar-refractivity contribution in [2.75, 3.05) is 12.0 Å². The Morgan fingerprint density at radius 1 is 1.14 bits per heavy atom. The molecule has 0 spiro atoms. The third-order valence-electron chi connectivity index (χ3n) is 6.00. The van der Waals surface area contributed by atoms with Crippen molar-refractivity contribution >= 4 is 67.1 Å². The molecule has 0 saturated carbocycles. The number of carbonyl (C=O) groups is 2. The van der Waals surface area contributed by atoms with E-state index in [2.05, 4.69) is 4.98 Å². The number of ketones is 1. The van der Waals surface area contributed by atoms with Crippen LogP contribution in [0.3, 0.4) is 0 Å². The number of thiazole rings is 1. The van der Waals surface area contributed by atoms with Crippen LogP contribution in [0.4, 0.5) is 5.13 Å². The van der Waals surface area contributed by atoms with Crippen LogP contribution in [0.25, 0.3) is 16.0 Å². The highest BCUT2D eigenvalue weighted by Gasteiger charge is 2.49. The molecule has 1 aliphatic rings. The molecule has 1 amide bonds. The number of aryl methyl sites for hydroxylation is 3. The van der Waals surface area contributed by atoms with Crippen LogP contribution in [0, 0.1) is 20.8 Å². The van der Waals surface area contributed by atoms with Crippen LogP contribution in [0.1, 0.15) is 33.2 Å². The Balaban J connectivity index is 1.75. The summed E-state index contributed by atoms with van der Waals surface area (Å²) >= 11 is 8.99. The van der Waals surface area contributed by atoms with Crippen LogP contribution in [-0.4, -0.2) is 28.9 Å². The number of Topliss-reactive ketones (excluding diaryl/α,β-unsaturated/α-hetero) is 1. The minimum atomic E-state index is -0.822. The fraction of sp³-hybridized carbons (Fsp3) is 0.192. The van der Waals surface area contributed by atoms with E-state index in [0.29, 0.717) is 27.0 Å². The zero-order valence-corrected chi connectivity index (χ0v) is 21.8. The van der Waals surface area contributed by atoms with E-state index in [9.17, 15) is 14.7 Å². The van der Waals surface area contributed by atoms with Crippen LogP contribution in [0.2, 0.25) is 5.02 Å². The summed E-state index contributed by atoms with van der Waals surface area (Å²) in [6.07, 6.45) is 0. The number of ether oxygens (including phenoxy) is 1. The predicted octanol–water partition coefficient (Wildman–Crippen LogP) is 6.57. The number of nitrogens with zero attached hydrogens (tertiary/aromatic N) is 2. The molecule has 178 valence electrons. The number of amides is 1. The quantitative estimate of drug-likeness (QED) is 0.185. The third-order valence-corrected chi connectivity index (χ3v) is 8.35. The van der Waals surface area contributed by atoms with Crippen LogP contribution >= 0.6 is 34.3 Å². The summed E-state index contributed by atoms with van der Waals surface area (Å²) in [5.74, 6) is -1.33. The Bertz CT molecular complexity index is 1500. The number of methoxy groups -OCH3 is 1. The molecule has 0 aliphatic carbocycles. The van der Waals surface area contributed by atoms with Crippen molar-refractivity contribution in [3.8, 4) is 5.75 Å². The Kier molecular flexibility index (Phi) is 5.91. The molecule has 3 heterocycles. The van der Waals surface area contributed by atoms with E-state index in [-0.39, 0.29) is 11.3 Å².